The number of fused-ring (bicyclic) bond motifs is 2. The monoisotopic (exact) mass is 657 g/mol. The van der Waals surface area contributed by atoms with Gasteiger partial charge < -0.3 is 5.32 Å². The van der Waals surface area contributed by atoms with Crippen molar-refractivity contribution in [3.63, 3.8) is 0 Å². The van der Waals surface area contributed by atoms with Gasteiger partial charge in [0.15, 0.2) is 4.34 Å². The number of nitro groups is 1. The van der Waals surface area contributed by atoms with Crippen LogP contribution in [-0.4, -0.2) is 27.6 Å². The van der Waals surface area contributed by atoms with Crippen molar-refractivity contribution in [1.29, 1.82) is 5.26 Å². The average Bonchev–Trinajstić information content (AvgIpc) is 3.54. The van der Waals surface area contributed by atoms with E-state index in [1.165, 1.54) is 28.4 Å². The number of hydrogen-bond acceptors (Lipinski definition) is 9. The molecule has 2 fully saturated rings. The molecule has 45 heavy (non-hydrogen) atoms. The number of nitrogens with one attached hydrogen (secondary N) is 1. The summed E-state index contributed by atoms with van der Waals surface area (Å²) in [7, 11) is 0. The number of nitriles is 1. The van der Waals surface area contributed by atoms with Crippen LogP contribution in [0.1, 0.15) is 36.8 Å². The van der Waals surface area contributed by atoms with Crippen LogP contribution in [0, 0.1) is 40.2 Å². The van der Waals surface area contributed by atoms with E-state index >= 15 is 0 Å². The Kier molecular flexibility index (Phi) is 8.42. The molecule has 1 saturated carbocycles. The number of aryl methyl sites for hydroxylation is 1. The molecule has 226 valence electrons. The topological polar surface area (TPSA) is 146 Å². The lowest BCUT2D eigenvalue weighted by Crippen LogP contribution is -2.30. The van der Waals surface area contributed by atoms with E-state index in [2.05, 4.69) is 10.3 Å². The summed E-state index contributed by atoms with van der Waals surface area (Å²) >= 11 is 8.53. The van der Waals surface area contributed by atoms with Crippen LogP contribution in [0.2, 0.25) is 5.02 Å². The Hall–Kier alpha value is -4.57. The highest BCUT2D eigenvalue weighted by molar-refractivity contribution is 8.01. The minimum Gasteiger partial charge on any atom is -0.321 e. The molecule has 10 nitrogen and oxygen atoms in total. The van der Waals surface area contributed by atoms with Gasteiger partial charge in [-0.3, -0.25) is 29.4 Å². The number of amides is 3. The van der Waals surface area contributed by atoms with Crippen LogP contribution in [-0.2, 0) is 14.4 Å². The highest BCUT2D eigenvalue weighted by Crippen LogP contribution is 2.43. The number of carbonyl (C=O) groups is 3. The Morgan fingerprint density at radius 1 is 1.13 bits per heavy atom. The molecule has 2 heterocycles. The maximum atomic E-state index is 13.1. The molecular weight excluding hydrogens is 634 g/mol. The quantitative estimate of drug-likeness (QED) is 0.0705. The van der Waals surface area contributed by atoms with E-state index in [4.69, 9.17) is 11.6 Å². The van der Waals surface area contributed by atoms with Gasteiger partial charge in [-0.2, -0.15) is 5.26 Å². The zero-order chi connectivity index (χ0) is 31.8. The van der Waals surface area contributed by atoms with E-state index in [1.807, 2.05) is 13.0 Å². The molecular formula is C32H24ClN5O5S2. The molecule has 1 N–H and O–H groups in total. The van der Waals surface area contributed by atoms with Crippen molar-refractivity contribution in [2.75, 3.05) is 10.2 Å². The minimum atomic E-state index is -0.677. The predicted octanol–water partition coefficient (Wildman–Crippen LogP) is 7.54. The molecule has 6 rings (SSSR count). The lowest BCUT2D eigenvalue weighted by molar-refractivity contribution is -0.387. The highest BCUT2D eigenvalue weighted by Gasteiger charge is 2.48. The molecule has 2 atom stereocenters. The molecule has 0 spiro atoms. The third kappa shape index (κ3) is 6.07. The summed E-state index contributed by atoms with van der Waals surface area (Å²) in [6.07, 6.45) is 4.64. The number of rotatable bonds is 7. The van der Waals surface area contributed by atoms with Gasteiger partial charge in [0.1, 0.15) is 11.6 Å². The largest absolute Gasteiger partial charge is 0.321 e. The molecule has 13 heteroatoms. The maximum absolute atomic E-state index is 13.1. The normalized spacial score (nSPS) is 18.2. The van der Waals surface area contributed by atoms with Gasteiger partial charge in [-0.1, -0.05) is 48.3 Å². The number of aromatic nitrogens is 1. The number of hydrogen-bond donors (Lipinski definition) is 1. The Morgan fingerprint density at radius 2 is 1.87 bits per heavy atom. The van der Waals surface area contributed by atoms with E-state index in [1.54, 1.807) is 48.5 Å². The number of imide groups is 1. The minimum absolute atomic E-state index is 0.149. The average molecular weight is 658 g/mol. The number of benzene rings is 3. The molecule has 1 aliphatic heterocycles. The third-order valence-corrected chi connectivity index (χ3v) is 10.5. The molecule has 3 amide bonds. The summed E-state index contributed by atoms with van der Waals surface area (Å²) in [6, 6.07) is 16.5. The van der Waals surface area contributed by atoms with Gasteiger partial charge >= 0.3 is 0 Å². The number of carbonyl (C=O) groups excluding carboxylic acids is 3. The molecule has 1 saturated heterocycles. The molecule has 2 aliphatic rings. The summed E-state index contributed by atoms with van der Waals surface area (Å²) in [5, 5.41) is 24.7. The van der Waals surface area contributed by atoms with Gasteiger partial charge in [0.25, 0.3) is 11.6 Å². The smallest absolute Gasteiger partial charge is 0.283 e. The van der Waals surface area contributed by atoms with Crippen molar-refractivity contribution in [3.05, 3.63) is 86.4 Å². The number of halogens is 1. The first-order valence-corrected chi connectivity index (χ1v) is 16.1. The molecule has 1 aromatic heterocycles. The zero-order valence-corrected chi connectivity index (χ0v) is 26.2. The molecule has 0 bridgehead atoms. The maximum Gasteiger partial charge on any atom is 0.283 e. The first-order valence-electron chi connectivity index (χ1n) is 14.1. The first-order chi connectivity index (χ1) is 21.6. The molecule has 4 aromatic rings. The fourth-order valence-electron chi connectivity index (χ4n) is 5.62. The summed E-state index contributed by atoms with van der Waals surface area (Å²) in [4.78, 5) is 56.6. The highest BCUT2D eigenvalue weighted by atomic mass is 35.5. The van der Waals surface area contributed by atoms with Crippen molar-refractivity contribution in [3.8, 4) is 6.07 Å². The van der Waals surface area contributed by atoms with Gasteiger partial charge in [-0.15, -0.1) is 11.3 Å². The van der Waals surface area contributed by atoms with Crippen molar-refractivity contribution >= 4 is 85.8 Å². The summed E-state index contributed by atoms with van der Waals surface area (Å²) < 4.78 is 1.28. The van der Waals surface area contributed by atoms with Crippen molar-refractivity contribution in [2.24, 2.45) is 11.8 Å². The van der Waals surface area contributed by atoms with E-state index in [9.17, 15) is 29.8 Å². The van der Waals surface area contributed by atoms with Crippen molar-refractivity contribution < 1.29 is 19.3 Å². The second-order valence-corrected chi connectivity index (χ2v) is 13.5. The Balaban J connectivity index is 1.22. The van der Waals surface area contributed by atoms with Crippen LogP contribution in [0.15, 0.2) is 69.4 Å². The Bertz CT molecular complexity index is 1960. The molecule has 3 aromatic carbocycles. The summed E-state index contributed by atoms with van der Waals surface area (Å²) in [6.45, 7) is 1.82. The van der Waals surface area contributed by atoms with Crippen LogP contribution in [0.3, 0.4) is 0 Å². The fourth-order valence-corrected chi connectivity index (χ4v) is 7.95. The van der Waals surface area contributed by atoms with Crippen LogP contribution in [0.25, 0.3) is 16.3 Å². The Morgan fingerprint density at radius 3 is 2.53 bits per heavy atom. The van der Waals surface area contributed by atoms with Crippen LogP contribution in [0.4, 0.5) is 17.1 Å². The van der Waals surface area contributed by atoms with Gasteiger partial charge in [0.05, 0.1) is 37.6 Å². The number of nitrogens with zero attached hydrogens (tertiary/aromatic N) is 4. The lowest BCUT2D eigenvalue weighted by Gasteiger charge is -2.19. The second-order valence-electron chi connectivity index (χ2n) is 10.8. The Labute approximate surface area is 270 Å². The van der Waals surface area contributed by atoms with E-state index in [-0.39, 0.29) is 34.9 Å². The SMILES string of the molecule is Cc1ccc(NC(=O)/C(C#N)=C/c2ccc(Sc3nc4ccc(N5C(=O)[C@@H]6CCCC[C@H]6C5=O)cc4s3)c([N+](=O)[O-])c2)cc1Cl. The second kappa shape index (κ2) is 12.4. The van der Waals surface area contributed by atoms with Crippen molar-refractivity contribution in [2.45, 2.75) is 41.8 Å². The van der Waals surface area contributed by atoms with Crippen LogP contribution < -0.4 is 10.2 Å². The molecule has 1 aliphatic carbocycles. The predicted molar refractivity (Wildman–Crippen MR) is 173 cm³/mol. The number of thiazole rings is 1. The zero-order valence-electron chi connectivity index (χ0n) is 23.8. The van der Waals surface area contributed by atoms with Gasteiger partial charge in [0, 0.05) is 16.8 Å². The summed E-state index contributed by atoms with van der Waals surface area (Å²) in [5.74, 6) is -1.48. The van der Waals surface area contributed by atoms with Gasteiger partial charge in [-0.05, 0) is 73.4 Å². The molecule has 0 unspecified atom stereocenters. The fraction of sp³-hybridized carbons (Fsp3) is 0.219. The van der Waals surface area contributed by atoms with Crippen LogP contribution >= 0.6 is 34.7 Å². The number of anilines is 2. The third-order valence-electron chi connectivity index (χ3n) is 7.93. The standard InChI is InChI=1S/C32H24ClN5O5S2/c1-17-6-8-20(14-24(17)33)35-29(39)19(16-34)12-18-7-11-27(26(13-18)38(42)43)44-32-36-25-10-9-21(15-28(25)45-32)37-30(40)22-4-2-3-5-23(22)31(37)41/h6-15,22-23H,2-5H2,1H3,(H,35,39)/b19-12+/t22-,23-/m1/s1. The van der Waals surface area contributed by atoms with E-state index in [0.717, 1.165) is 47.7 Å². The van der Waals surface area contributed by atoms with Crippen LogP contribution in [0.5, 0.6) is 0 Å². The van der Waals surface area contributed by atoms with Gasteiger partial charge in [-0.25, -0.2) is 4.98 Å². The number of nitro benzene ring substituents is 1. The first kappa shape index (κ1) is 30.5. The van der Waals surface area contributed by atoms with Gasteiger partial charge in [0.2, 0.25) is 11.8 Å². The summed E-state index contributed by atoms with van der Waals surface area (Å²) in [5.41, 5.74) is 2.24. The van der Waals surface area contributed by atoms with Crippen molar-refractivity contribution in [1.82, 2.24) is 4.98 Å². The van der Waals surface area contributed by atoms with E-state index in [0.29, 0.717) is 36.7 Å². The molecule has 0 radical (unpaired) electrons. The lowest BCUT2D eigenvalue weighted by atomic mass is 9.81. The van der Waals surface area contributed by atoms with E-state index < -0.39 is 10.8 Å².